The van der Waals surface area contributed by atoms with E-state index in [0.29, 0.717) is 12.5 Å². The Morgan fingerprint density at radius 2 is 2.20 bits per heavy atom. The van der Waals surface area contributed by atoms with E-state index in [1.807, 2.05) is 13.8 Å². The molecule has 0 fully saturated rings. The van der Waals surface area contributed by atoms with Gasteiger partial charge in [0, 0.05) is 6.61 Å². The Morgan fingerprint density at radius 1 is 1.47 bits per heavy atom. The van der Waals surface area contributed by atoms with Crippen LogP contribution in [0.5, 0.6) is 0 Å². The SMILES string of the molecule is CC(C)(O)CC1CC=C(CCCO)CC1. The summed E-state index contributed by atoms with van der Waals surface area (Å²) in [5.74, 6) is 0.642. The first-order valence-corrected chi connectivity index (χ1v) is 6.02. The van der Waals surface area contributed by atoms with Gasteiger partial charge in [0.05, 0.1) is 5.60 Å². The van der Waals surface area contributed by atoms with Crippen LogP contribution in [0.1, 0.15) is 52.4 Å². The molecule has 15 heavy (non-hydrogen) atoms. The Morgan fingerprint density at radius 3 is 2.67 bits per heavy atom. The summed E-state index contributed by atoms with van der Waals surface area (Å²) in [6, 6.07) is 0. The summed E-state index contributed by atoms with van der Waals surface area (Å²) >= 11 is 0. The van der Waals surface area contributed by atoms with E-state index < -0.39 is 5.60 Å². The highest BCUT2D eigenvalue weighted by Gasteiger charge is 2.21. The van der Waals surface area contributed by atoms with Crippen LogP contribution in [0.2, 0.25) is 0 Å². The molecule has 0 amide bonds. The molecule has 1 atom stereocenters. The van der Waals surface area contributed by atoms with E-state index in [4.69, 9.17) is 5.11 Å². The van der Waals surface area contributed by atoms with Crippen LogP contribution in [0, 0.1) is 5.92 Å². The van der Waals surface area contributed by atoms with Crippen LogP contribution in [0.25, 0.3) is 0 Å². The van der Waals surface area contributed by atoms with Crippen LogP contribution in [-0.4, -0.2) is 22.4 Å². The van der Waals surface area contributed by atoms with Gasteiger partial charge in [-0.25, -0.2) is 0 Å². The van der Waals surface area contributed by atoms with Crippen LogP contribution in [0.3, 0.4) is 0 Å². The molecule has 1 unspecified atom stereocenters. The first kappa shape index (κ1) is 12.7. The van der Waals surface area contributed by atoms with Crippen molar-refractivity contribution in [2.45, 2.75) is 58.0 Å². The summed E-state index contributed by atoms with van der Waals surface area (Å²) in [5, 5.41) is 18.5. The van der Waals surface area contributed by atoms with Crippen LogP contribution in [-0.2, 0) is 0 Å². The van der Waals surface area contributed by atoms with E-state index in [2.05, 4.69) is 6.08 Å². The van der Waals surface area contributed by atoms with Gasteiger partial charge in [-0.2, -0.15) is 0 Å². The summed E-state index contributed by atoms with van der Waals surface area (Å²) in [6.07, 6.45) is 8.60. The Bertz CT molecular complexity index is 213. The fraction of sp³-hybridized carbons (Fsp3) is 0.846. The molecule has 0 spiro atoms. The first-order chi connectivity index (χ1) is 7.01. The van der Waals surface area contributed by atoms with Crippen molar-refractivity contribution in [1.82, 2.24) is 0 Å². The topological polar surface area (TPSA) is 40.5 Å². The first-order valence-electron chi connectivity index (χ1n) is 6.02. The maximum Gasteiger partial charge on any atom is 0.0594 e. The van der Waals surface area contributed by atoms with Crippen molar-refractivity contribution in [1.29, 1.82) is 0 Å². The normalized spacial score (nSPS) is 22.7. The highest BCUT2D eigenvalue weighted by molar-refractivity contribution is 5.06. The molecule has 88 valence electrons. The predicted molar refractivity (Wildman–Crippen MR) is 62.7 cm³/mol. The highest BCUT2D eigenvalue weighted by atomic mass is 16.3. The molecule has 0 aromatic heterocycles. The third kappa shape index (κ3) is 5.33. The van der Waals surface area contributed by atoms with E-state index in [-0.39, 0.29) is 0 Å². The van der Waals surface area contributed by atoms with Crippen LogP contribution >= 0.6 is 0 Å². The summed E-state index contributed by atoms with van der Waals surface area (Å²) in [5.41, 5.74) is 0.970. The molecule has 0 saturated carbocycles. The van der Waals surface area contributed by atoms with E-state index >= 15 is 0 Å². The molecule has 0 aromatic carbocycles. The Kier molecular flexibility index (Phi) is 4.81. The van der Waals surface area contributed by atoms with E-state index in [9.17, 15) is 5.11 Å². The van der Waals surface area contributed by atoms with Gasteiger partial charge in [0.15, 0.2) is 0 Å². The minimum atomic E-state index is -0.527. The molecule has 2 N–H and O–H groups in total. The lowest BCUT2D eigenvalue weighted by Crippen LogP contribution is -2.24. The third-order valence-corrected chi connectivity index (χ3v) is 3.06. The molecule has 0 heterocycles. The Labute approximate surface area is 93.0 Å². The number of allylic oxidation sites excluding steroid dienone is 2. The van der Waals surface area contributed by atoms with E-state index in [1.54, 1.807) is 0 Å². The van der Waals surface area contributed by atoms with Crippen molar-refractivity contribution < 1.29 is 10.2 Å². The monoisotopic (exact) mass is 212 g/mol. The summed E-state index contributed by atoms with van der Waals surface area (Å²) in [7, 11) is 0. The number of hydrogen-bond acceptors (Lipinski definition) is 2. The van der Waals surface area contributed by atoms with Gasteiger partial charge in [0.2, 0.25) is 0 Å². The number of aliphatic hydroxyl groups excluding tert-OH is 1. The molecule has 0 radical (unpaired) electrons. The van der Waals surface area contributed by atoms with Crippen molar-refractivity contribution in [2.24, 2.45) is 5.92 Å². The standard InChI is InChI=1S/C13H24O2/c1-13(2,15)10-12-7-5-11(6-8-12)4-3-9-14/h5,12,14-15H,3-4,6-10H2,1-2H3. The zero-order valence-corrected chi connectivity index (χ0v) is 10.00. The Hall–Kier alpha value is -0.340. The van der Waals surface area contributed by atoms with Gasteiger partial charge in [0.1, 0.15) is 0 Å². The van der Waals surface area contributed by atoms with Crippen LogP contribution in [0.4, 0.5) is 0 Å². The van der Waals surface area contributed by atoms with Gasteiger partial charge < -0.3 is 10.2 Å². The van der Waals surface area contributed by atoms with Gasteiger partial charge in [-0.3, -0.25) is 0 Å². The lowest BCUT2D eigenvalue weighted by atomic mass is 9.82. The summed E-state index contributed by atoms with van der Waals surface area (Å²) in [6.45, 7) is 4.07. The van der Waals surface area contributed by atoms with Crippen LogP contribution < -0.4 is 0 Å². The maximum atomic E-state index is 9.72. The lowest BCUT2D eigenvalue weighted by Gasteiger charge is -2.27. The third-order valence-electron chi connectivity index (χ3n) is 3.06. The minimum absolute atomic E-state index is 0.296. The molecule has 0 aromatic rings. The minimum Gasteiger partial charge on any atom is -0.396 e. The largest absolute Gasteiger partial charge is 0.396 e. The van der Waals surface area contributed by atoms with Gasteiger partial charge in [0.25, 0.3) is 0 Å². The molecule has 2 nitrogen and oxygen atoms in total. The van der Waals surface area contributed by atoms with Crippen molar-refractivity contribution in [3.63, 3.8) is 0 Å². The van der Waals surface area contributed by atoms with E-state index in [0.717, 1.165) is 32.1 Å². The fourth-order valence-corrected chi connectivity index (χ4v) is 2.37. The van der Waals surface area contributed by atoms with Crippen LogP contribution in [0.15, 0.2) is 11.6 Å². The number of hydrogen-bond donors (Lipinski definition) is 2. The second-order valence-electron chi connectivity index (χ2n) is 5.35. The molecular weight excluding hydrogens is 188 g/mol. The second kappa shape index (κ2) is 5.66. The number of rotatable bonds is 5. The summed E-state index contributed by atoms with van der Waals surface area (Å²) < 4.78 is 0. The molecule has 0 saturated heterocycles. The van der Waals surface area contributed by atoms with Gasteiger partial charge in [-0.05, 0) is 58.3 Å². The smallest absolute Gasteiger partial charge is 0.0594 e. The summed E-state index contributed by atoms with van der Waals surface area (Å²) in [4.78, 5) is 0. The molecule has 0 aliphatic heterocycles. The molecule has 1 rings (SSSR count). The average Bonchev–Trinajstić information content (AvgIpc) is 2.14. The number of aliphatic hydroxyl groups is 2. The maximum absolute atomic E-state index is 9.72. The van der Waals surface area contributed by atoms with E-state index in [1.165, 1.54) is 12.0 Å². The molecule has 1 aliphatic rings. The van der Waals surface area contributed by atoms with Gasteiger partial charge in [-0.15, -0.1) is 0 Å². The molecular formula is C13H24O2. The molecule has 0 bridgehead atoms. The molecule has 1 aliphatic carbocycles. The van der Waals surface area contributed by atoms with Crippen molar-refractivity contribution in [3.8, 4) is 0 Å². The zero-order valence-electron chi connectivity index (χ0n) is 10.00. The zero-order chi connectivity index (χ0) is 11.3. The van der Waals surface area contributed by atoms with Gasteiger partial charge >= 0.3 is 0 Å². The predicted octanol–water partition coefficient (Wildman–Crippen LogP) is 2.65. The van der Waals surface area contributed by atoms with Crippen molar-refractivity contribution in [2.75, 3.05) is 6.61 Å². The molecule has 2 heteroatoms. The van der Waals surface area contributed by atoms with Crippen molar-refractivity contribution in [3.05, 3.63) is 11.6 Å². The Balaban J connectivity index is 2.31. The van der Waals surface area contributed by atoms with Gasteiger partial charge in [-0.1, -0.05) is 11.6 Å². The van der Waals surface area contributed by atoms with Crippen molar-refractivity contribution >= 4 is 0 Å². The highest BCUT2D eigenvalue weighted by Crippen LogP contribution is 2.31. The fourth-order valence-electron chi connectivity index (χ4n) is 2.37. The lowest BCUT2D eigenvalue weighted by molar-refractivity contribution is 0.0506. The second-order valence-corrected chi connectivity index (χ2v) is 5.35. The quantitative estimate of drug-likeness (QED) is 0.688. The average molecular weight is 212 g/mol.